The molecule has 5 heteroatoms. The van der Waals surface area contributed by atoms with E-state index in [1.54, 1.807) is 18.0 Å². The summed E-state index contributed by atoms with van der Waals surface area (Å²) >= 11 is 1.67. The summed E-state index contributed by atoms with van der Waals surface area (Å²) in [5.74, 6) is 1.26. The molecule has 1 aromatic rings. The van der Waals surface area contributed by atoms with Crippen molar-refractivity contribution in [2.45, 2.75) is 31.3 Å². The van der Waals surface area contributed by atoms with Gasteiger partial charge in [0.25, 0.3) is 0 Å². The Hall–Kier alpha value is -1.10. The van der Waals surface area contributed by atoms with E-state index in [0.29, 0.717) is 12.3 Å². The first-order valence-electron chi connectivity index (χ1n) is 5.35. The molecule has 0 spiro atoms. The normalized spacial score (nSPS) is 17.1. The Labute approximate surface area is 99.6 Å². The number of nitrogens with zero attached hydrogens (tertiary/aromatic N) is 2. The lowest BCUT2D eigenvalue weighted by Gasteiger charge is -2.12. The maximum absolute atomic E-state index is 7.34. The van der Waals surface area contributed by atoms with Gasteiger partial charge < -0.3 is 5.73 Å². The highest BCUT2D eigenvalue weighted by atomic mass is 32.2. The highest BCUT2D eigenvalue weighted by Gasteiger charge is 2.43. The molecule has 86 valence electrons. The number of hydrogen-bond donors (Lipinski definition) is 2. The molecule has 1 fully saturated rings. The molecule has 0 amide bonds. The van der Waals surface area contributed by atoms with Crippen molar-refractivity contribution in [1.82, 2.24) is 9.97 Å². The highest BCUT2D eigenvalue weighted by Crippen LogP contribution is 2.51. The lowest BCUT2D eigenvalue weighted by Crippen LogP contribution is -2.18. The van der Waals surface area contributed by atoms with E-state index in [1.807, 2.05) is 13.0 Å². The predicted octanol–water partition coefficient (Wildman–Crippen LogP) is 1.98. The Bertz CT molecular complexity index is 401. The lowest BCUT2D eigenvalue weighted by atomic mass is 10.1. The number of nitrogens with two attached hydrogens (primary N) is 1. The van der Waals surface area contributed by atoms with Crippen LogP contribution in [-0.4, -0.2) is 21.6 Å². The lowest BCUT2D eigenvalue weighted by molar-refractivity contribution is 0.611. The highest BCUT2D eigenvalue weighted by molar-refractivity contribution is 7.99. The average molecular weight is 236 g/mol. The molecule has 0 unspecified atom stereocenters. The largest absolute Gasteiger partial charge is 0.388 e. The van der Waals surface area contributed by atoms with Crippen molar-refractivity contribution >= 4 is 17.6 Å². The summed E-state index contributed by atoms with van der Waals surface area (Å²) in [5.41, 5.74) is 6.70. The monoisotopic (exact) mass is 236 g/mol. The maximum atomic E-state index is 7.34. The van der Waals surface area contributed by atoms with E-state index in [9.17, 15) is 0 Å². The first-order valence-corrected chi connectivity index (χ1v) is 6.34. The van der Waals surface area contributed by atoms with Crippen molar-refractivity contribution in [3.63, 3.8) is 0 Å². The minimum absolute atomic E-state index is 0.254. The fraction of sp³-hybridized carbons (Fsp3) is 0.545. The van der Waals surface area contributed by atoms with Gasteiger partial charge in [-0.05, 0) is 31.2 Å². The third-order valence-corrected chi connectivity index (χ3v) is 4.01. The van der Waals surface area contributed by atoms with Crippen molar-refractivity contribution in [3.05, 3.63) is 18.0 Å². The molecular formula is C11H16N4S. The topological polar surface area (TPSA) is 75.7 Å². The van der Waals surface area contributed by atoms with Gasteiger partial charge in [0.2, 0.25) is 0 Å². The maximum Gasteiger partial charge on any atom is 0.187 e. The zero-order chi connectivity index (χ0) is 11.6. The van der Waals surface area contributed by atoms with Crippen LogP contribution in [0.3, 0.4) is 0 Å². The summed E-state index contributed by atoms with van der Waals surface area (Å²) < 4.78 is 0. The van der Waals surface area contributed by atoms with Crippen LogP contribution in [0.4, 0.5) is 0 Å². The molecule has 0 bridgehead atoms. The molecule has 4 nitrogen and oxygen atoms in total. The molecule has 0 aromatic carbocycles. The molecule has 3 N–H and O–H groups in total. The number of amidine groups is 1. The van der Waals surface area contributed by atoms with E-state index in [4.69, 9.17) is 11.1 Å². The van der Waals surface area contributed by atoms with Gasteiger partial charge in [-0.1, -0.05) is 11.8 Å². The number of aryl methyl sites for hydroxylation is 1. The summed E-state index contributed by atoms with van der Waals surface area (Å²) in [6.07, 6.45) is 4.85. The molecule has 1 aromatic heterocycles. The van der Waals surface area contributed by atoms with Gasteiger partial charge >= 0.3 is 0 Å². The molecule has 1 aliphatic rings. The van der Waals surface area contributed by atoms with E-state index in [2.05, 4.69) is 9.97 Å². The predicted molar refractivity (Wildman–Crippen MR) is 65.7 cm³/mol. The second kappa shape index (κ2) is 4.41. The molecule has 1 heterocycles. The standard InChI is InChI=1S/C11H16N4S/c1-8-2-5-14-10(15-8)16-7-11(3-4-11)6-9(12)13/h2,5H,3-4,6-7H2,1H3,(H3,12,13). The Kier molecular flexibility index (Phi) is 3.14. The van der Waals surface area contributed by atoms with Crippen LogP contribution in [0.1, 0.15) is 25.0 Å². The molecule has 16 heavy (non-hydrogen) atoms. The van der Waals surface area contributed by atoms with Crippen LogP contribution in [0.15, 0.2) is 17.4 Å². The zero-order valence-corrected chi connectivity index (χ0v) is 10.2. The van der Waals surface area contributed by atoms with Crippen LogP contribution in [0, 0.1) is 17.7 Å². The molecule has 2 rings (SSSR count). The molecule has 0 saturated heterocycles. The van der Waals surface area contributed by atoms with Crippen LogP contribution >= 0.6 is 11.8 Å². The molecule has 1 saturated carbocycles. The van der Waals surface area contributed by atoms with Gasteiger partial charge in [-0.3, -0.25) is 5.41 Å². The third-order valence-electron chi connectivity index (χ3n) is 2.80. The Morgan fingerprint density at radius 2 is 2.38 bits per heavy atom. The minimum atomic E-state index is 0.254. The second-order valence-corrected chi connectivity index (χ2v) is 5.41. The first-order chi connectivity index (χ1) is 7.60. The van der Waals surface area contributed by atoms with Gasteiger partial charge in [0.05, 0.1) is 5.84 Å². The van der Waals surface area contributed by atoms with E-state index < -0.39 is 0 Å². The van der Waals surface area contributed by atoms with Crippen LogP contribution in [0.2, 0.25) is 0 Å². The Morgan fingerprint density at radius 1 is 1.62 bits per heavy atom. The third kappa shape index (κ3) is 2.95. The summed E-state index contributed by atoms with van der Waals surface area (Å²) in [6, 6.07) is 1.90. The second-order valence-electron chi connectivity index (χ2n) is 4.47. The first kappa shape index (κ1) is 11.4. The van der Waals surface area contributed by atoms with Crippen molar-refractivity contribution in [2.75, 3.05) is 5.75 Å². The van der Waals surface area contributed by atoms with Gasteiger partial charge in [0.15, 0.2) is 5.16 Å². The minimum Gasteiger partial charge on any atom is -0.388 e. The van der Waals surface area contributed by atoms with Crippen molar-refractivity contribution < 1.29 is 0 Å². The van der Waals surface area contributed by atoms with Crippen LogP contribution in [-0.2, 0) is 0 Å². The van der Waals surface area contributed by atoms with Crippen LogP contribution in [0.5, 0.6) is 0 Å². The fourth-order valence-electron chi connectivity index (χ4n) is 1.67. The van der Waals surface area contributed by atoms with Gasteiger partial charge in [0, 0.05) is 24.1 Å². The van der Waals surface area contributed by atoms with E-state index in [1.165, 1.54) is 12.8 Å². The van der Waals surface area contributed by atoms with Gasteiger partial charge in [-0.15, -0.1) is 0 Å². The van der Waals surface area contributed by atoms with E-state index in [-0.39, 0.29) is 5.41 Å². The molecule has 0 aliphatic heterocycles. The van der Waals surface area contributed by atoms with Gasteiger partial charge in [0.1, 0.15) is 0 Å². The zero-order valence-electron chi connectivity index (χ0n) is 9.36. The summed E-state index contributed by atoms with van der Waals surface area (Å²) in [6.45, 7) is 1.97. The summed E-state index contributed by atoms with van der Waals surface area (Å²) in [4.78, 5) is 8.57. The van der Waals surface area contributed by atoms with Crippen molar-refractivity contribution in [1.29, 1.82) is 5.41 Å². The van der Waals surface area contributed by atoms with Crippen LogP contribution in [0.25, 0.3) is 0 Å². The molecule has 0 atom stereocenters. The fourth-order valence-corrected chi connectivity index (χ4v) is 2.84. The van der Waals surface area contributed by atoms with Crippen LogP contribution < -0.4 is 5.73 Å². The average Bonchev–Trinajstić information content (AvgIpc) is 2.95. The molecule has 1 aliphatic carbocycles. The summed E-state index contributed by atoms with van der Waals surface area (Å²) in [5, 5.41) is 8.17. The SMILES string of the molecule is Cc1ccnc(SCC2(CC(=N)N)CC2)n1. The Balaban J connectivity index is 1.90. The smallest absolute Gasteiger partial charge is 0.187 e. The number of hydrogen-bond acceptors (Lipinski definition) is 4. The van der Waals surface area contributed by atoms with Gasteiger partial charge in [-0.25, -0.2) is 9.97 Å². The summed E-state index contributed by atoms with van der Waals surface area (Å²) in [7, 11) is 0. The number of nitrogens with one attached hydrogen (secondary N) is 1. The van der Waals surface area contributed by atoms with Crippen molar-refractivity contribution in [2.24, 2.45) is 11.1 Å². The number of aromatic nitrogens is 2. The number of thioether (sulfide) groups is 1. The van der Waals surface area contributed by atoms with E-state index in [0.717, 1.165) is 16.6 Å². The molecular weight excluding hydrogens is 220 g/mol. The molecule has 0 radical (unpaired) electrons. The Morgan fingerprint density at radius 3 is 2.94 bits per heavy atom. The van der Waals surface area contributed by atoms with Gasteiger partial charge in [-0.2, -0.15) is 0 Å². The number of rotatable bonds is 5. The van der Waals surface area contributed by atoms with Crippen molar-refractivity contribution in [3.8, 4) is 0 Å². The quantitative estimate of drug-likeness (QED) is 0.355. The van der Waals surface area contributed by atoms with E-state index >= 15 is 0 Å².